The molecule has 0 aromatic rings. The highest BCUT2D eigenvalue weighted by atomic mass is 16.1. The number of primary amides is 1. The lowest BCUT2D eigenvalue weighted by Gasteiger charge is -2.17. The molecule has 0 bridgehead atoms. The molecule has 1 atom stereocenters. The Hall–Kier alpha value is -1.38. The van der Waals surface area contributed by atoms with E-state index in [4.69, 9.17) is 5.73 Å². The molecule has 0 aromatic heterocycles. The summed E-state index contributed by atoms with van der Waals surface area (Å²) in [5.41, 5.74) is 6.95. The summed E-state index contributed by atoms with van der Waals surface area (Å²) in [6.45, 7) is 10.7. The van der Waals surface area contributed by atoms with Crippen LogP contribution in [0.25, 0.3) is 0 Å². The van der Waals surface area contributed by atoms with E-state index in [2.05, 4.69) is 6.58 Å². The lowest BCUT2D eigenvalue weighted by Crippen LogP contribution is -2.27. The fourth-order valence-electron chi connectivity index (χ4n) is 1.58. The summed E-state index contributed by atoms with van der Waals surface area (Å²) in [5, 5.41) is 0. The third-order valence-corrected chi connectivity index (χ3v) is 2.30. The molecule has 3 heteroatoms. The van der Waals surface area contributed by atoms with Crippen molar-refractivity contribution in [1.29, 1.82) is 0 Å². The zero-order valence-corrected chi connectivity index (χ0v) is 9.89. The largest absolute Gasteiger partial charge is 0.366 e. The number of carbonyl (C=O) groups is 2. The SMILES string of the molecule is C=C(C)C(=O)C(CC)C(C(N)=O)=C(C)C. The van der Waals surface area contributed by atoms with E-state index in [1.807, 2.05) is 6.92 Å². The molecule has 0 rings (SSSR count). The van der Waals surface area contributed by atoms with E-state index in [9.17, 15) is 9.59 Å². The molecule has 1 unspecified atom stereocenters. The summed E-state index contributed by atoms with van der Waals surface area (Å²) in [6, 6.07) is 0. The predicted octanol–water partition coefficient (Wildman–Crippen LogP) is 1.98. The smallest absolute Gasteiger partial charge is 0.245 e. The number of rotatable bonds is 5. The molecule has 0 heterocycles. The van der Waals surface area contributed by atoms with Crippen molar-refractivity contribution in [2.24, 2.45) is 11.7 Å². The Balaban J connectivity index is 5.29. The van der Waals surface area contributed by atoms with Gasteiger partial charge in [-0.3, -0.25) is 9.59 Å². The highest BCUT2D eigenvalue weighted by molar-refractivity contribution is 6.05. The maximum Gasteiger partial charge on any atom is 0.245 e. The fraction of sp³-hybridized carbons (Fsp3) is 0.500. The zero-order chi connectivity index (χ0) is 12.2. The zero-order valence-electron chi connectivity index (χ0n) is 9.89. The Labute approximate surface area is 91.0 Å². The van der Waals surface area contributed by atoms with E-state index >= 15 is 0 Å². The molecule has 2 N–H and O–H groups in total. The molecule has 0 saturated carbocycles. The minimum absolute atomic E-state index is 0.104. The molecule has 15 heavy (non-hydrogen) atoms. The van der Waals surface area contributed by atoms with Gasteiger partial charge in [0.1, 0.15) is 0 Å². The second kappa shape index (κ2) is 5.49. The molecule has 84 valence electrons. The summed E-state index contributed by atoms with van der Waals surface area (Å²) < 4.78 is 0. The second-order valence-electron chi connectivity index (χ2n) is 3.88. The van der Waals surface area contributed by atoms with Crippen LogP contribution in [0.3, 0.4) is 0 Å². The number of nitrogens with two attached hydrogens (primary N) is 1. The van der Waals surface area contributed by atoms with Gasteiger partial charge in [0, 0.05) is 5.57 Å². The molecule has 0 fully saturated rings. The molecule has 1 amide bonds. The van der Waals surface area contributed by atoms with Gasteiger partial charge < -0.3 is 5.73 Å². The molecule has 0 aromatic carbocycles. The average molecular weight is 209 g/mol. The van der Waals surface area contributed by atoms with Crippen molar-refractivity contribution in [3.05, 3.63) is 23.3 Å². The minimum Gasteiger partial charge on any atom is -0.366 e. The van der Waals surface area contributed by atoms with Crippen LogP contribution in [-0.4, -0.2) is 11.7 Å². The first-order chi connectivity index (χ1) is 6.82. The van der Waals surface area contributed by atoms with Gasteiger partial charge in [-0.1, -0.05) is 19.1 Å². The number of allylic oxidation sites excluding steroid dienone is 2. The Morgan fingerprint density at radius 1 is 1.27 bits per heavy atom. The van der Waals surface area contributed by atoms with Gasteiger partial charge in [0.15, 0.2) is 5.78 Å². The van der Waals surface area contributed by atoms with Crippen LogP contribution in [-0.2, 0) is 9.59 Å². The van der Waals surface area contributed by atoms with Gasteiger partial charge >= 0.3 is 0 Å². The quantitative estimate of drug-likeness (QED) is 0.704. The molecule has 3 nitrogen and oxygen atoms in total. The van der Waals surface area contributed by atoms with Crippen LogP contribution in [0.5, 0.6) is 0 Å². The third kappa shape index (κ3) is 3.35. The van der Waals surface area contributed by atoms with Crippen molar-refractivity contribution in [3.63, 3.8) is 0 Å². The first-order valence-corrected chi connectivity index (χ1v) is 4.99. The molecule has 0 aliphatic heterocycles. The standard InChI is InChI=1S/C12H19NO2/c1-6-9(11(14)8(4)5)10(7(2)3)12(13)15/h9H,4,6H2,1-3,5H3,(H2,13,15). The summed E-state index contributed by atoms with van der Waals surface area (Å²) in [4.78, 5) is 23.0. The molecular weight excluding hydrogens is 190 g/mol. The average Bonchev–Trinajstić information content (AvgIpc) is 2.10. The second-order valence-corrected chi connectivity index (χ2v) is 3.88. The Morgan fingerprint density at radius 2 is 1.73 bits per heavy atom. The summed E-state index contributed by atoms with van der Waals surface area (Å²) >= 11 is 0. The third-order valence-electron chi connectivity index (χ3n) is 2.30. The lowest BCUT2D eigenvalue weighted by molar-refractivity contribution is -0.121. The van der Waals surface area contributed by atoms with Gasteiger partial charge in [0.25, 0.3) is 0 Å². The Morgan fingerprint density at radius 3 is 1.93 bits per heavy atom. The molecule has 0 aliphatic rings. The van der Waals surface area contributed by atoms with Crippen molar-refractivity contribution in [1.82, 2.24) is 0 Å². The van der Waals surface area contributed by atoms with E-state index in [-0.39, 0.29) is 5.78 Å². The number of ketones is 1. The van der Waals surface area contributed by atoms with Crippen molar-refractivity contribution >= 4 is 11.7 Å². The van der Waals surface area contributed by atoms with Crippen LogP contribution in [0.4, 0.5) is 0 Å². The van der Waals surface area contributed by atoms with Crippen LogP contribution < -0.4 is 5.73 Å². The van der Waals surface area contributed by atoms with Gasteiger partial charge in [0.05, 0.1) is 5.92 Å². The summed E-state index contributed by atoms with van der Waals surface area (Å²) in [6.07, 6.45) is 0.565. The maximum atomic E-state index is 11.8. The normalized spacial score (nSPS) is 11.7. The molecule has 0 saturated heterocycles. The van der Waals surface area contributed by atoms with Gasteiger partial charge in [-0.05, 0) is 32.8 Å². The minimum atomic E-state index is -0.517. The number of Topliss-reactive ketones (excluding diaryl/α,β-unsaturated/α-hetero) is 1. The monoisotopic (exact) mass is 209 g/mol. The van der Waals surface area contributed by atoms with E-state index in [0.29, 0.717) is 17.6 Å². The molecule has 0 spiro atoms. The van der Waals surface area contributed by atoms with Crippen molar-refractivity contribution < 1.29 is 9.59 Å². The van der Waals surface area contributed by atoms with Crippen molar-refractivity contribution in [3.8, 4) is 0 Å². The van der Waals surface area contributed by atoms with E-state index in [0.717, 1.165) is 5.57 Å². The highest BCUT2D eigenvalue weighted by Gasteiger charge is 2.25. The van der Waals surface area contributed by atoms with E-state index in [1.165, 1.54) is 0 Å². The number of amides is 1. The maximum absolute atomic E-state index is 11.8. The van der Waals surface area contributed by atoms with Gasteiger partial charge in [-0.2, -0.15) is 0 Å². The molecular formula is C12H19NO2. The first kappa shape index (κ1) is 13.6. The lowest BCUT2D eigenvalue weighted by atomic mass is 9.86. The van der Waals surface area contributed by atoms with Crippen LogP contribution in [0.15, 0.2) is 23.3 Å². The number of hydrogen-bond acceptors (Lipinski definition) is 2. The van der Waals surface area contributed by atoms with Crippen LogP contribution >= 0.6 is 0 Å². The summed E-state index contributed by atoms with van der Waals surface area (Å²) in [7, 11) is 0. The first-order valence-electron chi connectivity index (χ1n) is 4.99. The van der Waals surface area contributed by atoms with E-state index in [1.54, 1.807) is 20.8 Å². The van der Waals surface area contributed by atoms with Crippen LogP contribution in [0.2, 0.25) is 0 Å². The van der Waals surface area contributed by atoms with Crippen molar-refractivity contribution in [2.45, 2.75) is 34.1 Å². The van der Waals surface area contributed by atoms with E-state index < -0.39 is 11.8 Å². The van der Waals surface area contributed by atoms with Crippen LogP contribution in [0.1, 0.15) is 34.1 Å². The highest BCUT2D eigenvalue weighted by Crippen LogP contribution is 2.22. The van der Waals surface area contributed by atoms with Gasteiger partial charge in [-0.25, -0.2) is 0 Å². The van der Waals surface area contributed by atoms with Gasteiger partial charge in [0.2, 0.25) is 5.91 Å². The number of carbonyl (C=O) groups excluding carboxylic acids is 2. The van der Waals surface area contributed by atoms with Crippen LogP contribution in [0, 0.1) is 5.92 Å². The Bertz CT molecular complexity index is 323. The molecule has 0 radical (unpaired) electrons. The fourth-order valence-corrected chi connectivity index (χ4v) is 1.58. The topological polar surface area (TPSA) is 60.2 Å². The van der Waals surface area contributed by atoms with Gasteiger partial charge in [-0.15, -0.1) is 0 Å². The van der Waals surface area contributed by atoms with Crippen molar-refractivity contribution in [2.75, 3.05) is 0 Å². The summed E-state index contributed by atoms with van der Waals surface area (Å²) in [5.74, 6) is -1.06. The predicted molar refractivity (Wildman–Crippen MR) is 61.2 cm³/mol. The Kier molecular flexibility index (Phi) is 4.98. The molecule has 0 aliphatic carbocycles. The number of hydrogen-bond donors (Lipinski definition) is 1.